The number of nitrogens with one attached hydrogen (secondary N) is 1. The molecular weight excluding hydrogens is 256 g/mol. The highest BCUT2D eigenvalue weighted by molar-refractivity contribution is 5.90. The SMILES string of the molecule is COC(=O)c1ccc(NCCCOCC(C)C)nc1C. The number of carbonyl (C=O) groups excluding carboxylic acids is 1. The van der Waals surface area contributed by atoms with E-state index in [4.69, 9.17) is 4.74 Å². The molecule has 0 aliphatic rings. The van der Waals surface area contributed by atoms with Crippen LogP contribution < -0.4 is 5.32 Å². The third kappa shape index (κ3) is 5.57. The molecule has 0 aliphatic carbocycles. The number of nitrogens with zero attached hydrogens (tertiary/aromatic N) is 1. The first-order valence-electron chi connectivity index (χ1n) is 6.92. The molecule has 0 bridgehead atoms. The van der Waals surface area contributed by atoms with Crippen LogP contribution >= 0.6 is 0 Å². The fourth-order valence-corrected chi connectivity index (χ4v) is 1.69. The van der Waals surface area contributed by atoms with Gasteiger partial charge in [-0.25, -0.2) is 9.78 Å². The van der Waals surface area contributed by atoms with E-state index in [1.54, 1.807) is 19.1 Å². The monoisotopic (exact) mass is 280 g/mol. The molecule has 0 aromatic carbocycles. The van der Waals surface area contributed by atoms with Crippen molar-refractivity contribution >= 4 is 11.8 Å². The third-order valence-corrected chi connectivity index (χ3v) is 2.71. The Morgan fingerprint density at radius 1 is 1.40 bits per heavy atom. The molecule has 0 radical (unpaired) electrons. The number of rotatable bonds is 8. The van der Waals surface area contributed by atoms with Gasteiger partial charge in [-0.05, 0) is 31.4 Å². The minimum absolute atomic E-state index is 0.358. The topological polar surface area (TPSA) is 60.5 Å². The first kappa shape index (κ1) is 16.4. The average molecular weight is 280 g/mol. The molecule has 0 unspecified atom stereocenters. The number of esters is 1. The highest BCUT2D eigenvalue weighted by Crippen LogP contribution is 2.11. The molecule has 0 atom stereocenters. The molecule has 5 nitrogen and oxygen atoms in total. The smallest absolute Gasteiger partial charge is 0.339 e. The summed E-state index contributed by atoms with van der Waals surface area (Å²) in [4.78, 5) is 15.8. The molecule has 112 valence electrons. The number of anilines is 1. The molecule has 1 heterocycles. The second-order valence-electron chi connectivity index (χ2n) is 5.07. The zero-order chi connectivity index (χ0) is 15.0. The Kier molecular flexibility index (Phi) is 7.01. The van der Waals surface area contributed by atoms with Crippen LogP contribution in [0.4, 0.5) is 5.82 Å². The molecule has 0 fully saturated rings. The maximum atomic E-state index is 11.4. The number of hydrogen-bond donors (Lipinski definition) is 1. The maximum absolute atomic E-state index is 11.4. The number of hydrogen-bond acceptors (Lipinski definition) is 5. The molecule has 0 saturated carbocycles. The standard InChI is InChI=1S/C15H24N2O3/c1-11(2)10-20-9-5-8-16-14-7-6-13(12(3)17-14)15(18)19-4/h6-7,11H,5,8-10H2,1-4H3,(H,16,17). The van der Waals surface area contributed by atoms with Gasteiger partial charge in [-0.1, -0.05) is 13.8 Å². The van der Waals surface area contributed by atoms with Gasteiger partial charge in [0, 0.05) is 19.8 Å². The summed E-state index contributed by atoms with van der Waals surface area (Å²) in [5.41, 5.74) is 1.16. The fourth-order valence-electron chi connectivity index (χ4n) is 1.69. The summed E-state index contributed by atoms with van der Waals surface area (Å²) < 4.78 is 10.2. The van der Waals surface area contributed by atoms with Crippen molar-refractivity contribution in [1.82, 2.24) is 4.98 Å². The molecule has 1 N–H and O–H groups in total. The van der Waals surface area contributed by atoms with Crippen molar-refractivity contribution in [3.8, 4) is 0 Å². The Morgan fingerprint density at radius 2 is 2.15 bits per heavy atom. The van der Waals surface area contributed by atoms with E-state index >= 15 is 0 Å². The second-order valence-corrected chi connectivity index (χ2v) is 5.07. The Balaban J connectivity index is 2.35. The van der Waals surface area contributed by atoms with Crippen molar-refractivity contribution in [1.29, 1.82) is 0 Å². The van der Waals surface area contributed by atoms with E-state index in [1.165, 1.54) is 7.11 Å². The summed E-state index contributed by atoms with van der Waals surface area (Å²) in [5.74, 6) is 0.973. The molecule has 20 heavy (non-hydrogen) atoms. The lowest BCUT2D eigenvalue weighted by Crippen LogP contribution is -2.11. The van der Waals surface area contributed by atoms with Crippen molar-refractivity contribution in [3.63, 3.8) is 0 Å². The lowest BCUT2D eigenvalue weighted by Gasteiger charge is -2.09. The average Bonchev–Trinajstić information content (AvgIpc) is 2.41. The number of ether oxygens (including phenoxy) is 2. The van der Waals surface area contributed by atoms with Gasteiger partial charge in [-0.3, -0.25) is 0 Å². The highest BCUT2D eigenvalue weighted by Gasteiger charge is 2.10. The number of aryl methyl sites for hydroxylation is 1. The van der Waals surface area contributed by atoms with E-state index in [1.807, 2.05) is 0 Å². The minimum atomic E-state index is -0.358. The minimum Gasteiger partial charge on any atom is -0.465 e. The molecule has 0 saturated heterocycles. The van der Waals surface area contributed by atoms with Crippen LogP contribution in [0.25, 0.3) is 0 Å². The van der Waals surface area contributed by atoms with Gasteiger partial charge in [0.2, 0.25) is 0 Å². The van der Waals surface area contributed by atoms with Crippen LogP contribution in [0.1, 0.15) is 36.3 Å². The Hall–Kier alpha value is -1.62. The second kappa shape index (κ2) is 8.53. The van der Waals surface area contributed by atoms with Crippen LogP contribution in [0.5, 0.6) is 0 Å². The highest BCUT2D eigenvalue weighted by atomic mass is 16.5. The van der Waals surface area contributed by atoms with Gasteiger partial charge in [0.25, 0.3) is 0 Å². The molecule has 0 spiro atoms. The first-order valence-corrected chi connectivity index (χ1v) is 6.92. The van der Waals surface area contributed by atoms with Gasteiger partial charge in [-0.2, -0.15) is 0 Å². The maximum Gasteiger partial charge on any atom is 0.339 e. The molecule has 0 aliphatic heterocycles. The molecule has 1 rings (SSSR count). The lowest BCUT2D eigenvalue weighted by atomic mass is 10.2. The number of aromatic nitrogens is 1. The van der Waals surface area contributed by atoms with Crippen LogP contribution in [0.3, 0.4) is 0 Å². The number of methoxy groups -OCH3 is 1. The van der Waals surface area contributed by atoms with Gasteiger partial charge in [-0.15, -0.1) is 0 Å². The number of carbonyl (C=O) groups is 1. The molecule has 1 aromatic heterocycles. The predicted molar refractivity (Wildman–Crippen MR) is 79.1 cm³/mol. The van der Waals surface area contributed by atoms with Crippen LogP contribution in [0.2, 0.25) is 0 Å². The molecule has 5 heteroatoms. The Morgan fingerprint density at radius 3 is 2.75 bits per heavy atom. The molecular formula is C15H24N2O3. The summed E-state index contributed by atoms with van der Waals surface area (Å²) in [7, 11) is 1.37. The van der Waals surface area contributed by atoms with E-state index in [0.717, 1.165) is 32.0 Å². The molecule has 1 aromatic rings. The fraction of sp³-hybridized carbons (Fsp3) is 0.600. The van der Waals surface area contributed by atoms with Gasteiger partial charge in [0.05, 0.1) is 18.4 Å². The van der Waals surface area contributed by atoms with Crippen LogP contribution in [-0.2, 0) is 9.47 Å². The van der Waals surface area contributed by atoms with E-state index < -0.39 is 0 Å². The van der Waals surface area contributed by atoms with Crippen molar-refractivity contribution < 1.29 is 14.3 Å². The van der Waals surface area contributed by atoms with E-state index in [0.29, 0.717) is 17.2 Å². The summed E-state index contributed by atoms with van der Waals surface area (Å²) in [6.07, 6.45) is 0.923. The predicted octanol–water partition coefficient (Wildman–Crippen LogP) is 2.65. The van der Waals surface area contributed by atoms with Crippen molar-refractivity contribution in [2.24, 2.45) is 5.92 Å². The zero-order valence-electron chi connectivity index (χ0n) is 12.7. The van der Waals surface area contributed by atoms with Gasteiger partial charge >= 0.3 is 5.97 Å². The van der Waals surface area contributed by atoms with E-state index in [-0.39, 0.29) is 5.97 Å². The summed E-state index contributed by atoms with van der Waals surface area (Å²) >= 11 is 0. The van der Waals surface area contributed by atoms with E-state index in [2.05, 4.69) is 28.9 Å². The van der Waals surface area contributed by atoms with Crippen LogP contribution in [0, 0.1) is 12.8 Å². The lowest BCUT2D eigenvalue weighted by molar-refractivity contribution is 0.0599. The summed E-state index contributed by atoms with van der Waals surface area (Å²) in [6.45, 7) is 8.39. The Labute approximate surface area is 120 Å². The Bertz CT molecular complexity index is 433. The van der Waals surface area contributed by atoms with E-state index in [9.17, 15) is 4.79 Å². The van der Waals surface area contributed by atoms with Crippen molar-refractivity contribution in [2.45, 2.75) is 27.2 Å². The molecule has 0 amide bonds. The first-order chi connectivity index (χ1) is 9.54. The van der Waals surface area contributed by atoms with Gasteiger partial charge in [0.1, 0.15) is 5.82 Å². The normalized spacial score (nSPS) is 10.7. The summed E-state index contributed by atoms with van der Waals surface area (Å²) in [6, 6.07) is 3.51. The largest absolute Gasteiger partial charge is 0.465 e. The van der Waals surface area contributed by atoms with Crippen molar-refractivity contribution in [2.75, 3.05) is 32.2 Å². The van der Waals surface area contributed by atoms with Gasteiger partial charge < -0.3 is 14.8 Å². The van der Waals surface area contributed by atoms with Crippen LogP contribution in [-0.4, -0.2) is 37.8 Å². The summed E-state index contributed by atoms with van der Waals surface area (Å²) in [5, 5.41) is 3.21. The van der Waals surface area contributed by atoms with Crippen molar-refractivity contribution in [3.05, 3.63) is 23.4 Å². The third-order valence-electron chi connectivity index (χ3n) is 2.71. The number of pyridine rings is 1. The van der Waals surface area contributed by atoms with Gasteiger partial charge in [0.15, 0.2) is 0 Å². The zero-order valence-corrected chi connectivity index (χ0v) is 12.7. The van der Waals surface area contributed by atoms with Crippen LogP contribution in [0.15, 0.2) is 12.1 Å². The quantitative estimate of drug-likeness (QED) is 0.586.